The average molecular weight is 631 g/mol. The van der Waals surface area contributed by atoms with Crippen molar-refractivity contribution in [1.82, 2.24) is 0 Å². The summed E-state index contributed by atoms with van der Waals surface area (Å²) in [5.74, 6) is 0.320. The summed E-state index contributed by atoms with van der Waals surface area (Å²) in [7, 11) is 0. The van der Waals surface area contributed by atoms with Crippen molar-refractivity contribution in [2.24, 2.45) is 0 Å². The Hall–Kier alpha value is -5.50. The van der Waals surface area contributed by atoms with Crippen LogP contribution in [0.1, 0.15) is 29.0 Å². The first kappa shape index (κ1) is 28.7. The van der Waals surface area contributed by atoms with Gasteiger partial charge in [-0.05, 0) is 104 Å². The molecule has 48 heavy (non-hydrogen) atoms. The van der Waals surface area contributed by atoms with Gasteiger partial charge < -0.3 is 0 Å². The highest BCUT2D eigenvalue weighted by molar-refractivity contribution is 7.25. The smallest absolute Gasteiger partial charge is 0.0358 e. The number of hydrogen-bond donors (Lipinski definition) is 0. The molecule has 0 spiro atoms. The number of aryl methyl sites for hydroxylation is 1. The summed E-state index contributed by atoms with van der Waals surface area (Å²) in [4.78, 5) is 0. The van der Waals surface area contributed by atoms with Gasteiger partial charge in [0, 0.05) is 26.1 Å². The molecule has 0 bridgehead atoms. The zero-order valence-electron chi connectivity index (χ0n) is 26.6. The summed E-state index contributed by atoms with van der Waals surface area (Å²) in [5.41, 5.74) is 9.19. The van der Waals surface area contributed by atoms with Crippen molar-refractivity contribution in [2.75, 3.05) is 0 Å². The monoisotopic (exact) mass is 630 g/mol. The molecule has 0 saturated heterocycles. The number of fused-ring (bicyclic) bond motifs is 5. The Morgan fingerprint density at radius 2 is 1.02 bits per heavy atom. The van der Waals surface area contributed by atoms with E-state index >= 15 is 0 Å². The van der Waals surface area contributed by atoms with Gasteiger partial charge in [0.05, 0.1) is 0 Å². The van der Waals surface area contributed by atoms with Crippen LogP contribution in [0.4, 0.5) is 0 Å². The first-order chi connectivity index (χ1) is 23.8. The van der Waals surface area contributed by atoms with Gasteiger partial charge in [-0.1, -0.05) is 146 Å². The minimum Gasteiger partial charge on any atom is -0.135 e. The van der Waals surface area contributed by atoms with Crippen LogP contribution in [0.15, 0.2) is 176 Å². The maximum absolute atomic E-state index is 2.40. The molecule has 0 radical (unpaired) electrons. The predicted molar refractivity (Wildman–Crippen MR) is 208 cm³/mol. The zero-order chi connectivity index (χ0) is 31.9. The van der Waals surface area contributed by atoms with Crippen LogP contribution in [0, 0.1) is 0 Å². The molecule has 1 atom stereocenters. The highest BCUT2D eigenvalue weighted by Gasteiger charge is 2.19. The first-order valence-electron chi connectivity index (χ1n) is 16.8. The molecular weight excluding hydrogens is 597 g/mol. The Morgan fingerprint density at radius 1 is 0.417 bits per heavy atom. The Balaban J connectivity index is 1.01. The maximum Gasteiger partial charge on any atom is 0.0358 e. The molecule has 0 N–H and O–H groups in total. The molecule has 9 aromatic rings. The molecule has 0 aliphatic carbocycles. The predicted octanol–water partition coefficient (Wildman–Crippen LogP) is 13.5. The Bertz CT molecular complexity index is 2570. The normalized spacial score (nSPS) is 12.2. The molecule has 0 amide bonds. The fraction of sp³-hybridized carbons (Fsp3) is 0.0638. The van der Waals surface area contributed by atoms with E-state index in [0.29, 0.717) is 5.92 Å². The van der Waals surface area contributed by atoms with Crippen molar-refractivity contribution >= 4 is 53.1 Å². The minimum absolute atomic E-state index is 0.320. The van der Waals surface area contributed by atoms with E-state index in [1.54, 1.807) is 0 Å². The highest BCUT2D eigenvalue weighted by atomic mass is 32.1. The molecule has 0 aliphatic heterocycles. The van der Waals surface area contributed by atoms with Crippen molar-refractivity contribution in [3.05, 3.63) is 193 Å². The topological polar surface area (TPSA) is 0 Å². The molecule has 8 aromatic carbocycles. The van der Waals surface area contributed by atoms with Crippen LogP contribution in [0.5, 0.6) is 0 Å². The van der Waals surface area contributed by atoms with Crippen molar-refractivity contribution in [1.29, 1.82) is 0 Å². The fourth-order valence-corrected chi connectivity index (χ4v) is 8.61. The molecule has 9 rings (SSSR count). The van der Waals surface area contributed by atoms with Gasteiger partial charge in [0.1, 0.15) is 0 Å². The van der Waals surface area contributed by atoms with E-state index in [2.05, 4.69) is 176 Å². The van der Waals surface area contributed by atoms with E-state index in [1.807, 2.05) is 11.3 Å². The third kappa shape index (κ3) is 5.37. The van der Waals surface area contributed by atoms with Gasteiger partial charge in [0.15, 0.2) is 0 Å². The van der Waals surface area contributed by atoms with E-state index in [4.69, 9.17) is 0 Å². The first-order valence-corrected chi connectivity index (χ1v) is 17.7. The van der Waals surface area contributed by atoms with Gasteiger partial charge in [-0.3, -0.25) is 0 Å². The molecule has 0 saturated carbocycles. The molecular formula is C47H34S. The van der Waals surface area contributed by atoms with E-state index in [1.165, 1.54) is 80.7 Å². The van der Waals surface area contributed by atoms with Gasteiger partial charge >= 0.3 is 0 Å². The van der Waals surface area contributed by atoms with Gasteiger partial charge in [-0.2, -0.15) is 0 Å². The molecule has 1 heterocycles. The summed E-state index contributed by atoms with van der Waals surface area (Å²) >= 11 is 1.90. The Morgan fingerprint density at radius 3 is 1.85 bits per heavy atom. The van der Waals surface area contributed by atoms with Crippen molar-refractivity contribution in [3.8, 4) is 22.3 Å². The maximum atomic E-state index is 2.40. The van der Waals surface area contributed by atoms with Crippen LogP contribution in [0.2, 0.25) is 0 Å². The summed E-state index contributed by atoms with van der Waals surface area (Å²) in [6.45, 7) is 0. The van der Waals surface area contributed by atoms with E-state index in [0.717, 1.165) is 12.8 Å². The summed E-state index contributed by atoms with van der Waals surface area (Å²) in [5, 5.41) is 7.91. The number of hydrogen-bond acceptors (Lipinski definition) is 1. The van der Waals surface area contributed by atoms with Crippen molar-refractivity contribution < 1.29 is 0 Å². The SMILES string of the molecule is c1ccc(C(CCc2ccc3cc(-c4cccc(-c5ccc6ccccc6c5)c4)ccc3c2)c2cccc3sc4ccccc4c23)cc1. The summed E-state index contributed by atoms with van der Waals surface area (Å²) in [6.07, 6.45) is 2.07. The lowest BCUT2D eigenvalue weighted by molar-refractivity contribution is 0.720. The van der Waals surface area contributed by atoms with Crippen LogP contribution in [-0.2, 0) is 6.42 Å². The van der Waals surface area contributed by atoms with Crippen molar-refractivity contribution in [3.63, 3.8) is 0 Å². The van der Waals surface area contributed by atoms with Gasteiger partial charge in [0.25, 0.3) is 0 Å². The van der Waals surface area contributed by atoms with Gasteiger partial charge in [-0.15, -0.1) is 11.3 Å². The van der Waals surface area contributed by atoms with E-state index < -0.39 is 0 Å². The lowest BCUT2D eigenvalue weighted by atomic mass is 9.84. The van der Waals surface area contributed by atoms with Crippen LogP contribution in [-0.4, -0.2) is 0 Å². The lowest BCUT2D eigenvalue weighted by Crippen LogP contribution is -2.04. The quantitative estimate of drug-likeness (QED) is 0.164. The molecule has 1 aromatic heterocycles. The second-order valence-electron chi connectivity index (χ2n) is 12.9. The fourth-order valence-electron chi connectivity index (χ4n) is 7.47. The number of thiophene rings is 1. The molecule has 228 valence electrons. The van der Waals surface area contributed by atoms with E-state index in [9.17, 15) is 0 Å². The van der Waals surface area contributed by atoms with Crippen LogP contribution < -0.4 is 0 Å². The molecule has 0 nitrogen and oxygen atoms in total. The van der Waals surface area contributed by atoms with Gasteiger partial charge in [-0.25, -0.2) is 0 Å². The second-order valence-corrected chi connectivity index (χ2v) is 13.9. The van der Waals surface area contributed by atoms with Crippen LogP contribution in [0.3, 0.4) is 0 Å². The number of rotatable bonds is 7. The molecule has 0 aliphatic rings. The summed E-state index contributed by atoms with van der Waals surface area (Å²) < 4.78 is 2.74. The van der Waals surface area contributed by atoms with Crippen LogP contribution >= 0.6 is 11.3 Å². The number of benzene rings is 8. The Kier molecular flexibility index (Phi) is 7.33. The largest absolute Gasteiger partial charge is 0.135 e. The standard InChI is InChI=1S/C47H34S/c1-2-11-34(12-3-1)42(43-17-9-19-46-47(43)44-16-6-7-18-45(44)48-46)27-21-32-20-22-39-31-41(26-25-38(39)28-32)37-15-8-14-36(30-37)40-24-23-33-10-4-5-13-35(33)29-40/h1-20,22-26,28-31,42H,21,27H2. The van der Waals surface area contributed by atoms with E-state index in [-0.39, 0.29) is 0 Å². The molecule has 0 fully saturated rings. The van der Waals surface area contributed by atoms with Crippen LogP contribution in [0.25, 0.3) is 64.0 Å². The Labute approximate surface area is 285 Å². The highest BCUT2D eigenvalue weighted by Crippen LogP contribution is 2.41. The lowest BCUT2D eigenvalue weighted by Gasteiger charge is -2.20. The molecule has 1 heteroatoms. The zero-order valence-corrected chi connectivity index (χ0v) is 27.5. The average Bonchev–Trinajstić information content (AvgIpc) is 3.54. The summed E-state index contributed by atoms with van der Waals surface area (Å²) in [6, 6.07) is 65.0. The molecule has 1 unspecified atom stereocenters. The third-order valence-electron chi connectivity index (χ3n) is 9.92. The van der Waals surface area contributed by atoms with Crippen molar-refractivity contribution in [2.45, 2.75) is 18.8 Å². The van der Waals surface area contributed by atoms with Gasteiger partial charge in [0.2, 0.25) is 0 Å². The minimum atomic E-state index is 0.320. The third-order valence-corrected chi connectivity index (χ3v) is 11.1. The second kappa shape index (κ2) is 12.3.